The van der Waals surface area contributed by atoms with E-state index in [-0.39, 0.29) is 18.2 Å². The van der Waals surface area contributed by atoms with Crippen molar-refractivity contribution in [1.82, 2.24) is 20.4 Å². The van der Waals surface area contributed by atoms with Gasteiger partial charge < -0.3 is 20.1 Å². The number of methoxy groups -OCH3 is 2. The SMILES string of the molecule is COc1ccc(CC(=O)Nc2nnc(CCCCc3nnc(NC(C)=O)s3)s2)cc1OC. The standard InChI is InChI=1S/C20H24N6O4S2/c1-12(27)21-19-25-23-17(31-19)6-4-5-7-18-24-26-20(32-18)22-16(28)11-13-8-9-14(29-2)15(10-13)30-3/h8-10H,4-7,11H2,1-3H3,(H,21,25,27)(H,22,26,28). The maximum atomic E-state index is 12.3. The summed E-state index contributed by atoms with van der Waals surface area (Å²) in [7, 11) is 3.12. The summed E-state index contributed by atoms with van der Waals surface area (Å²) < 4.78 is 10.5. The number of nitrogens with one attached hydrogen (secondary N) is 2. The van der Waals surface area contributed by atoms with E-state index in [2.05, 4.69) is 31.0 Å². The van der Waals surface area contributed by atoms with E-state index >= 15 is 0 Å². The monoisotopic (exact) mass is 476 g/mol. The maximum Gasteiger partial charge on any atom is 0.230 e. The molecule has 170 valence electrons. The van der Waals surface area contributed by atoms with Gasteiger partial charge in [0.2, 0.25) is 22.1 Å². The summed E-state index contributed by atoms with van der Waals surface area (Å²) in [4.78, 5) is 23.4. The summed E-state index contributed by atoms with van der Waals surface area (Å²) in [6, 6.07) is 5.37. The van der Waals surface area contributed by atoms with Crippen LogP contribution in [0.15, 0.2) is 18.2 Å². The van der Waals surface area contributed by atoms with Gasteiger partial charge >= 0.3 is 0 Å². The van der Waals surface area contributed by atoms with Gasteiger partial charge in [-0.05, 0) is 30.5 Å². The normalized spacial score (nSPS) is 10.6. The molecule has 0 spiro atoms. The van der Waals surface area contributed by atoms with E-state index < -0.39 is 0 Å². The van der Waals surface area contributed by atoms with Gasteiger partial charge in [-0.3, -0.25) is 9.59 Å². The molecule has 12 heteroatoms. The largest absolute Gasteiger partial charge is 0.493 e. The first-order chi connectivity index (χ1) is 15.5. The van der Waals surface area contributed by atoms with Gasteiger partial charge in [0.15, 0.2) is 11.5 Å². The molecule has 0 unspecified atom stereocenters. The van der Waals surface area contributed by atoms with Crippen LogP contribution in [0.1, 0.15) is 35.3 Å². The Kier molecular flexibility index (Phi) is 8.45. The van der Waals surface area contributed by atoms with Gasteiger partial charge in [-0.25, -0.2) is 0 Å². The molecular weight excluding hydrogens is 452 g/mol. The second-order valence-corrected chi connectivity index (χ2v) is 8.93. The van der Waals surface area contributed by atoms with Crippen molar-refractivity contribution in [2.45, 2.75) is 39.0 Å². The molecule has 2 aromatic heterocycles. The Bertz CT molecular complexity index is 1070. The van der Waals surface area contributed by atoms with E-state index in [0.29, 0.717) is 21.8 Å². The van der Waals surface area contributed by atoms with Crippen molar-refractivity contribution in [2.24, 2.45) is 0 Å². The Morgan fingerprint density at radius 1 is 0.875 bits per heavy atom. The molecule has 10 nitrogen and oxygen atoms in total. The van der Waals surface area contributed by atoms with Gasteiger partial charge in [0.05, 0.1) is 20.6 Å². The molecule has 2 amide bonds. The summed E-state index contributed by atoms with van der Waals surface area (Å²) >= 11 is 2.75. The predicted molar refractivity (Wildman–Crippen MR) is 123 cm³/mol. The molecule has 1 aromatic carbocycles. The molecule has 0 fully saturated rings. The summed E-state index contributed by atoms with van der Waals surface area (Å²) in [5.74, 6) is 0.863. The van der Waals surface area contributed by atoms with Crippen LogP contribution in [0.25, 0.3) is 0 Å². The number of benzene rings is 1. The number of aromatic nitrogens is 4. The van der Waals surface area contributed by atoms with Crippen molar-refractivity contribution in [1.29, 1.82) is 0 Å². The van der Waals surface area contributed by atoms with Crippen LogP contribution in [0.3, 0.4) is 0 Å². The molecule has 0 radical (unpaired) electrons. The molecule has 3 aromatic rings. The first kappa shape index (κ1) is 23.5. The van der Waals surface area contributed by atoms with Crippen LogP contribution in [0.5, 0.6) is 11.5 Å². The fraction of sp³-hybridized carbons (Fsp3) is 0.400. The Morgan fingerprint density at radius 3 is 2.03 bits per heavy atom. The van der Waals surface area contributed by atoms with Gasteiger partial charge in [0, 0.05) is 19.8 Å². The molecule has 2 heterocycles. The number of nitrogens with zero attached hydrogens (tertiary/aromatic N) is 4. The van der Waals surface area contributed by atoms with Crippen LogP contribution in [0.2, 0.25) is 0 Å². The first-order valence-electron chi connectivity index (χ1n) is 9.90. The second kappa shape index (κ2) is 11.5. The minimum atomic E-state index is -0.175. The molecule has 0 aliphatic carbocycles. The zero-order chi connectivity index (χ0) is 22.9. The minimum absolute atomic E-state index is 0.157. The quantitative estimate of drug-likeness (QED) is 0.404. The molecule has 3 rings (SSSR count). The van der Waals surface area contributed by atoms with E-state index in [4.69, 9.17) is 9.47 Å². The Hall–Kier alpha value is -3.12. The zero-order valence-electron chi connectivity index (χ0n) is 18.0. The van der Waals surface area contributed by atoms with E-state index in [1.165, 1.54) is 29.6 Å². The Morgan fingerprint density at radius 2 is 1.47 bits per heavy atom. The number of rotatable bonds is 11. The molecule has 32 heavy (non-hydrogen) atoms. The third-order valence-corrected chi connectivity index (χ3v) is 6.10. The van der Waals surface area contributed by atoms with E-state index in [1.54, 1.807) is 26.4 Å². The van der Waals surface area contributed by atoms with Gasteiger partial charge in [-0.2, -0.15) is 0 Å². The van der Waals surface area contributed by atoms with E-state index in [9.17, 15) is 9.59 Å². The number of hydrogen-bond acceptors (Lipinski definition) is 10. The van der Waals surface area contributed by atoms with Crippen molar-refractivity contribution in [3.05, 3.63) is 33.8 Å². The minimum Gasteiger partial charge on any atom is -0.493 e. The lowest BCUT2D eigenvalue weighted by molar-refractivity contribution is -0.116. The topological polar surface area (TPSA) is 128 Å². The van der Waals surface area contributed by atoms with Gasteiger partial charge in [0.25, 0.3) is 0 Å². The average molecular weight is 477 g/mol. The zero-order valence-corrected chi connectivity index (χ0v) is 19.6. The van der Waals surface area contributed by atoms with Gasteiger partial charge in [-0.15, -0.1) is 20.4 Å². The number of anilines is 2. The number of ether oxygens (including phenoxy) is 2. The highest BCUT2D eigenvalue weighted by Crippen LogP contribution is 2.28. The molecule has 0 atom stereocenters. The number of carbonyl (C=O) groups is 2. The summed E-state index contributed by atoms with van der Waals surface area (Å²) in [5, 5.41) is 24.4. The van der Waals surface area contributed by atoms with Crippen LogP contribution in [0.4, 0.5) is 10.3 Å². The van der Waals surface area contributed by atoms with E-state index in [0.717, 1.165) is 41.3 Å². The fourth-order valence-electron chi connectivity index (χ4n) is 2.85. The third-order valence-electron chi connectivity index (χ3n) is 4.31. The van der Waals surface area contributed by atoms with Gasteiger partial charge in [-0.1, -0.05) is 28.7 Å². The highest BCUT2D eigenvalue weighted by Gasteiger charge is 2.12. The van der Waals surface area contributed by atoms with Crippen molar-refractivity contribution >= 4 is 44.8 Å². The van der Waals surface area contributed by atoms with Crippen LogP contribution in [-0.4, -0.2) is 46.4 Å². The lowest BCUT2D eigenvalue weighted by atomic mass is 10.1. The second-order valence-electron chi connectivity index (χ2n) is 6.80. The summed E-state index contributed by atoms with van der Waals surface area (Å²) in [6.07, 6.45) is 3.56. The van der Waals surface area contributed by atoms with Crippen molar-refractivity contribution in [2.75, 3.05) is 24.9 Å². The average Bonchev–Trinajstić information content (AvgIpc) is 3.39. The first-order valence-corrected chi connectivity index (χ1v) is 11.5. The number of hydrogen-bond donors (Lipinski definition) is 2. The highest BCUT2D eigenvalue weighted by atomic mass is 32.1. The molecular formula is C20H24N6O4S2. The lowest BCUT2D eigenvalue weighted by Crippen LogP contribution is -2.14. The van der Waals surface area contributed by atoms with Gasteiger partial charge in [0.1, 0.15) is 10.0 Å². The third kappa shape index (κ3) is 6.95. The van der Waals surface area contributed by atoms with Crippen LogP contribution < -0.4 is 20.1 Å². The Balaban J connectivity index is 1.42. The number of amides is 2. The van der Waals surface area contributed by atoms with E-state index in [1.807, 2.05) is 6.07 Å². The summed E-state index contributed by atoms with van der Waals surface area (Å²) in [5.41, 5.74) is 0.809. The predicted octanol–water partition coefficient (Wildman–Crippen LogP) is 3.11. The molecule has 0 saturated carbocycles. The van der Waals surface area contributed by atoms with Crippen molar-refractivity contribution in [3.63, 3.8) is 0 Å². The molecule has 0 aliphatic heterocycles. The summed E-state index contributed by atoms with van der Waals surface area (Å²) in [6.45, 7) is 1.44. The fourth-order valence-corrected chi connectivity index (χ4v) is 4.48. The molecule has 2 N–H and O–H groups in total. The lowest BCUT2D eigenvalue weighted by Gasteiger charge is -2.09. The van der Waals surface area contributed by atoms with Crippen molar-refractivity contribution in [3.8, 4) is 11.5 Å². The molecule has 0 aliphatic rings. The maximum absolute atomic E-state index is 12.3. The number of carbonyl (C=O) groups excluding carboxylic acids is 2. The van der Waals surface area contributed by atoms with Crippen LogP contribution in [-0.2, 0) is 28.9 Å². The highest BCUT2D eigenvalue weighted by molar-refractivity contribution is 7.15. The molecule has 0 saturated heterocycles. The number of unbranched alkanes of at least 4 members (excludes halogenated alkanes) is 1. The van der Waals surface area contributed by atoms with Crippen LogP contribution in [0, 0.1) is 0 Å². The Labute approximate surface area is 193 Å². The van der Waals surface area contributed by atoms with Crippen LogP contribution >= 0.6 is 22.7 Å². The smallest absolute Gasteiger partial charge is 0.230 e. The molecule has 0 bridgehead atoms. The van der Waals surface area contributed by atoms with Crippen molar-refractivity contribution < 1.29 is 19.1 Å². The number of aryl methyl sites for hydroxylation is 2.